The van der Waals surface area contributed by atoms with Gasteiger partial charge in [0.2, 0.25) is 0 Å². The van der Waals surface area contributed by atoms with Gasteiger partial charge in [-0.25, -0.2) is 9.59 Å². The molecule has 0 bridgehead atoms. The highest BCUT2D eigenvalue weighted by Crippen LogP contribution is 2.01. The molecule has 6 heteroatoms. The van der Waals surface area contributed by atoms with Crippen molar-refractivity contribution in [1.82, 2.24) is 0 Å². The first-order valence-electron chi connectivity index (χ1n) is 5.07. The summed E-state index contributed by atoms with van der Waals surface area (Å²) in [5, 5.41) is 17.7. The Morgan fingerprint density at radius 3 is 2.00 bits per heavy atom. The Morgan fingerprint density at radius 1 is 1.06 bits per heavy atom. The van der Waals surface area contributed by atoms with Gasteiger partial charge in [-0.05, 0) is 20.8 Å². The Balaban J connectivity index is 3.70. The van der Waals surface area contributed by atoms with E-state index in [1.54, 1.807) is 6.92 Å². The van der Waals surface area contributed by atoms with Crippen molar-refractivity contribution in [3.63, 3.8) is 0 Å². The van der Waals surface area contributed by atoms with Crippen molar-refractivity contribution >= 4 is 11.9 Å². The van der Waals surface area contributed by atoms with Gasteiger partial charge in [0.1, 0.15) is 18.3 Å². The van der Waals surface area contributed by atoms with Gasteiger partial charge < -0.3 is 19.7 Å². The van der Waals surface area contributed by atoms with E-state index in [0.29, 0.717) is 6.42 Å². The summed E-state index contributed by atoms with van der Waals surface area (Å²) in [6, 6.07) is 0. The van der Waals surface area contributed by atoms with Crippen molar-refractivity contribution in [2.24, 2.45) is 0 Å². The highest BCUT2D eigenvalue weighted by Gasteiger charge is 2.15. The molecule has 6 nitrogen and oxygen atoms in total. The first-order valence-corrected chi connectivity index (χ1v) is 5.07. The fourth-order valence-electron chi connectivity index (χ4n) is 0.802. The molecule has 0 fully saturated rings. The van der Waals surface area contributed by atoms with E-state index < -0.39 is 30.3 Å². The molecule has 16 heavy (non-hydrogen) atoms. The number of rotatable bonds is 6. The average molecular weight is 234 g/mol. The number of aliphatic hydroxyl groups is 2. The van der Waals surface area contributed by atoms with Crippen LogP contribution in [0.25, 0.3) is 0 Å². The van der Waals surface area contributed by atoms with Gasteiger partial charge in [0.15, 0.2) is 0 Å². The first kappa shape index (κ1) is 14.9. The minimum absolute atomic E-state index is 0.0536. The molecule has 2 N–H and O–H groups in total. The van der Waals surface area contributed by atoms with Crippen LogP contribution in [0.2, 0.25) is 0 Å². The lowest BCUT2D eigenvalue weighted by Gasteiger charge is -2.14. The van der Waals surface area contributed by atoms with Crippen LogP contribution < -0.4 is 0 Å². The summed E-state index contributed by atoms with van der Waals surface area (Å²) in [7, 11) is 0. The van der Waals surface area contributed by atoms with Crippen molar-refractivity contribution in [2.45, 2.75) is 45.5 Å². The summed E-state index contributed by atoms with van der Waals surface area (Å²) in [6.07, 6.45) is -2.46. The van der Waals surface area contributed by atoms with Gasteiger partial charge in [0.25, 0.3) is 0 Å². The number of aliphatic hydroxyl groups excluding tert-OH is 2. The van der Waals surface area contributed by atoms with Gasteiger partial charge in [0, 0.05) is 6.42 Å². The lowest BCUT2D eigenvalue weighted by molar-refractivity contribution is -0.159. The molecular formula is C10H18O6. The van der Waals surface area contributed by atoms with Gasteiger partial charge in [-0.15, -0.1) is 0 Å². The SMILES string of the molecule is C[C@H](CCOC(=O)[C@H](C)O)OC(=O)[C@H](C)O. The van der Waals surface area contributed by atoms with Gasteiger partial charge >= 0.3 is 11.9 Å². The Kier molecular flexibility index (Phi) is 6.67. The summed E-state index contributed by atoms with van der Waals surface area (Å²) in [5.74, 6) is -1.43. The molecule has 0 aliphatic heterocycles. The molecule has 0 rings (SSSR count). The summed E-state index contributed by atoms with van der Waals surface area (Å²) in [5.41, 5.74) is 0. The van der Waals surface area contributed by atoms with Crippen LogP contribution in [0.15, 0.2) is 0 Å². The molecule has 3 atom stereocenters. The van der Waals surface area contributed by atoms with Crippen LogP contribution in [0.3, 0.4) is 0 Å². The predicted molar refractivity (Wildman–Crippen MR) is 54.5 cm³/mol. The van der Waals surface area contributed by atoms with Crippen LogP contribution in [0.5, 0.6) is 0 Å². The fourth-order valence-corrected chi connectivity index (χ4v) is 0.802. The standard InChI is InChI=1S/C10H18O6/c1-6(16-10(14)8(3)12)4-5-15-9(13)7(2)11/h6-8,11-12H,4-5H2,1-3H3/t6-,7+,8+/m1/s1. The number of carbonyl (C=O) groups excluding carboxylic acids is 2. The third kappa shape index (κ3) is 6.36. The topological polar surface area (TPSA) is 93.1 Å². The Bertz CT molecular complexity index is 235. The minimum atomic E-state index is -1.16. The molecule has 0 aliphatic rings. The maximum atomic E-state index is 10.9. The quantitative estimate of drug-likeness (QED) is 0.608. The minimum Gasteiger partial charge on any atom is -0.464 e. The van der Waals surface area contributed by atoms with Crippen LogP contribution in [-0.2, 0) is 19.1 Å². The van der Waals surface area contributed by atoms with E-state index in [1.165, 1.54) is 13.8 Å². The lowest BCUT2D eigenvalue weighted by atomic mass is 10.3. The molecule has 0 radical (unpaired) electrons. The summed E-state index contributed by atoms with van der Waals surface area (Å²) in [6.45, 7) is 4.29. The lowest BCUT2D eigenvalue weighted by Crippen LogP contribution is -2.26. The van der Waals surface area contributed by atoms with E-state index in [0.717, 1.165) is 0 Å². The zero-order chi connectivity index (χ0) is 12.7. The van der Waals surface area contributed by atoms with E-state index in [9.17, 15) is 9.59 Å². The molecule has 0 saturated heterocycles. The molecule has 0 aromatic rings. The predicted octanol–water partition coefficient (Wildman–Crippen LogP) is -0.387. The molecule has 0 spiro atoms. The first-order chi connectivity index (χ1) is 7.34. The largest absolute Gasteiger partial charge is 0.464 e. The number of hydrogen-bond acceptors (Lipinski definition) is 6. The van der Waals surface area contributed by atoms with E-state index in [2.05, 4.69) is 4.74 Å². The monoisotopic (exact) mass is 234 g/mol. The van der Waals surface area contributed by atoms with Crippen LogP contribution in [0.4, 0.5) is 0 Å². The Hall–Kier alpha value is -1.14. The van der Waals surface area contributed by atoms with Crippen LogP contribution in [0.1, 0.15) is 27.2 Å². The van der Waals surface area contributed by atoms with Gasteiger partial charge in [-0.1, -0.05) is 0 Å². The highest BCUT2D eigenvalue weighted by atomic mass is 16.6. The van der Waals surface area contributed by atoms with E-state index >= 15 is 0 Å². The summed E-state index contributed by atoms with van der Waals surface area (Å²) < 4.78 is 9.48. The molecular weight excluding hydrogens is 216 g/mol. The molecule has 0 saturated carbocycles. The molecule has 94 valence electrons. The van der Waals surface area contributed by atoms with Crippen LogP contribution in [0, 0.1) is 0 Å². The molecule has 0 aromatic heterocycles. The number of esters is 2. The third-order valence-corrected chi connectivity index (χ3v) is 1.77. The van der Waals surface area contributed by atoms with Gasteiger partial charge in [0.05, 0.1) is 6.61 Å². The summed E-state index contributed by atoms with van der Waals surface area (Å²) in [4.78, 5) is 21.8. The number of ether oxygens (including phenoxy) is 2. The van der Waals surface area contributed by atoms with Crippen molar-refractivity contribution in [3.05, 3.63) is 0 Å². The van der Waals surface area contributed by atoms with E-state index in [1.807, 2.05) is 0 Å². The fraction of sp³-hybridized carbons (Fsp3) is 0.800. The van der Waals surface area contributed by atoms with Crippen molar-refractivity contribution in [3.8, 4) is 0 Å². The summed E-state index contributed by atoms with van der Waals surface area (Å²) >= 11 is 0. The second-order valence-corrected chi connectivity index (χ2v) is 3.56. The normalized spacial score (nSPS) is 16.1. The Morgan fingerprint density at radius 2 is 1.56 bits per heavy atom. The second-order valence-electron chi connectivity index (χ2n) is 3.56. The second kappa shape index (κ2) is 7.19. The van der Waals surface area contributed by atoms with Crippen LogP contribution >= 0.6 is 0 Å². The van der Waals surface area contributed by atoms with Crippen molar-refractivity contribution in [1.29, 1.82) is 0 Å². The number of carbonyl (C=O) groups is 2. The molecule has 0 unspecified atom stereocenters. The van der Waals surface area contributed by atoms with Crippen LogP contribution in [-0.4, -0.2) is 47.1 Å². The highest BCUT2D eigenvalue weighted by molar-refractivity contribution is 5.74. The van der Waals surface area contributed by atoms with Gasteiger partial charge in [-0.3, -0.25) is 0 Å². The molecule has 0 aliphatic carbocycles. The molecule has 0 aromatic carbocycles. The smallest absolute Gasteiger partial charge is 0.334 e. The zero-order valence-corrected chi connectivity index (χ0v) is 9.67. The molecule has 0 amide bonds. The van der Waals surface area contributed by atoms with E-state index in [4.69, 9.17) is 14.9 Å². The number of hydrogen-bond donors (Lipinski definition) is 2. The molecule has 0 heterocycles. The maximum Gasteiger partial charge on any atom is 0.334 e. The Labute approximate surface area is 94.2 Å². The maximum absolute atomic E-state index is 10.9. The van der Waals surface area contributed by atoms with Gasteiger partial charge in [-0.2, -0.15) is 0 Å². The third-order valence-electron chi connectivity index (χ3n) is 1.77. The van der Waals surface area contributed by atoms with E-state index in [-0.39, 0.29) is 6.61 Å². The van der Waals surface area contributed by atoms with Crippen molar-refractivity contribution in [2.75, 3.05) is 6.61 Å². The average Bonchev–Trinajstić information content (AvgIpc) is 2.16. The zero-order valence-electron chi connectivity index (χ0n) is 9.67. The van der Waals surface area contributed by atoms with Crippen molar-refractivity contribution < 1.29 is 29.3 Å².